The maximum atomic E-state index is 3.53. The van der Waals surface area contributed by atoms with Crippen molar-refractivity contribution in [2.24, 2.45) is 0 Å². The van der Waals surface area contributed by atoms with Crippen LogP contribution in [0.4, 0.5) is 0 Å². The molecule has 0 saturated carbocycles. The molecule has 1 aliphatic heterocycles. The second-order valence-electron chi connectivity index (χ2n) is 5.75. The molecule has 0 spiro atoms. The first-order chi connectivity index (χ1) is 9.20. The third-order valence-electron chi connectivity index (χ3n) is 4.25. The van der Waals surface area contributed by atoms with Gasteiger partial charge in [-0.15, -0.1) is 0 Å². The van der Waals surface area contributed by atoms with E-state index in [2.05, 4.69) is 66.6 Å². The van der Waals surface area contributed by atoms with Gasteiger partial charge in [0, 0.05) is 18.6 Å². The van der Waals surface area contributed by atoms with Gasteiger partial charge in [-0.05, 0) is 52.6 Å². The zero-order valence-electron chi connectivity index (χ0n) is 12.5. The summed E-state index contributed by atoms with van der Waals surface area (Å²) in [4.78, 5) is 4.98. The van der Waals surface area contributed by atoms with Crippen molar-refractivity contribution >= 4 is 0 Å². The largest absolute Gasteiger partial charge is 0.315 e. The Bertz CT molecular complexity index is 366. The molecule has 0 aromatic heterocycles. The molecule has 1 aromatic carbocycles. The summed E-state index contributed by atoms with van der Waals surface area (Å²) in [5.41, 5.74) is 1.42. The van der Waals surface area contributed by atoms with E-state index in [4.69, 9.17) is 0 Å². The fourth-order valence-corrected chi connectivity index (χ4v) is 3.04. The third-order valence-corrected chi connectivity index (χ3v) is 4.25. The first kappa shape index (κ1) is 14.5. The van der Waals surface area contributed by atoms with E-state index in [1.165, 1.54) is 25.1 Å². The summed E-state index contributed by atoms with van der Waals surface area (Å²) in [7, 11) is 6.59. The predicted octanol–water partition coefficient (Wildman–Crippen LogP) is 1.45. The Kier molecular flexibility index (Phi) is 5.37. The standard InChI is InChI=1S/C16H27N3/c1-17-15(12-14-8-5-4-6-9-14)16-13-18(2)10-7-11-19(16)3/h4-6,8-9,15-17H,7,10-13H2,1-3H3. The second-order valence-corrected chi connectivity index (χ2v) is 5.75. The zero-order valence-corrected chi connectivity index (χ0v) is 12.5. The van der Waals surface area contributed by atoms with Crippen molar-refractivity contribution in [2.75, 3.05) is 40.8 Å². The van der Waals surface area contributed by atoms with Crippen molar-refractivity contribution in [2.45, 2.75) is 24.9 Å². The van der Waals surface area contributed by atoms with Crippen molar-refractivity contribution in [1.82, 2.24) is 15.1 Å². The minimum atomic E-state index is 0.507. The fourth-order valence-electron chi connectivity index (χ4n) is 3.04. The van der Waals surface area contributed by atoms with E-state index >= 15 is 0 Å². The SMILES string of the molecule is CNC(Cc1ccccc1)C1CN(C)CCCN1C. The van der Waals surface area contributed by atoms with Gasteiger partial charge in [0.15, 0.2) is 0 Å². The Balaban J connectivity index is 2.06. The average Bonchev–Trinajstić information content (AvgIpc) is 2.59. The van der Waals surface area contributed by atoms with Crippen LogP contribution in [-0.4, -0.2) is 62.7 Å². The lowest BCUT2D eigenvalue weighted by atomic mass is 9.98. The molecular weight excluding hydrogens is 234 g/mol. The van der Waals surface area contributed by atoms with Crippen LogP contribution in [0.1, 0.15) is 12.0 Å². The number of rotatable bonds is 4. The zero-order chi connectivity index (χ0) is 13.7. The highest BCUT2D eigenvalue weighted by Gasteiger charge is 2.27. The Hall–Kier alpha value is -0.900. The Morgan fingerprint density at radius 2 is 1.95 bits per heavy atom. The Morgan fingerprint density at radius 3 is 2.63 bits per heavy atom. The molecule has 1 heterocycles. The molecule has 0 amide bonds. The lowest BCUT2D eigenvalue weighted by Crippen LogP contribution is -2.52. The summed E-state index contributed by atoms with van der Waals surface area (Å²) >= 11 is 0. The Morgan fingerprint density at radius 1 is 1.21 bits per heavy atom. The molecule has 1 aliphatic rings. The van der Waals surface area contributed by atoms with Crippen LogP contribution in [0.3, 0.4) is 0 Å². The van der Waals surface area contributed by atoms with Gasteiger partial charge in [-0.3, -0.25) is 0 Å². The lowest BCUT2D eigenvalue weighted by molar-refractivity contribution is 0.181. The molecule has 0 aliphatic carbocycles. The highest BCUT2D eigenvalue weighted by Crippen LogP contribution is 2.14. The van der Waals surface area contributed by atoms with Crippen molar-refractivity contribution in [1.29, 1.82) is 0 Å². The molecule has 106 valence electrons. The van der Waals surface area contributed by atoms with Crippen LogP contribution in [0.15, 0.2) is 30.3 Å². The smallest absolute Gasteiger partial charge is 0.0376 e. The highest BCUT2D eigenvalue weighted by atomic mass is 15.2. The summed E-state index contributed by atoms with van der Waals surface area (Å²) in [6, 6.07) is 11.9. The molecule has 0 bridgehead atoms. The number of nitrogens with zero attached hydrogens (tertiary/aromatic N) is 2. The second kappa shape index (κ2) is 7.04. The fraction of sp³-hybridized carbons (Fsp3) is 0.625. The maximum absolute atomic E-state index is 3.53. The Labute approximate surface area is 117 Å². The molecule has 1 saturated heterocycles. The average molecular weight is 261 g/mol. The van der Waals surface area contributed by atoms with E-state index in [1.807, 2.05) is 0 Å². The summed E-state index contributed by atoms with van der Waals surface area (Å²) in [6.07, 6.45) is 2.37. The van der Waals surface area contributed by atoms with Gasteiger partial charge in [-0.1, -0.05) is 30.3 Å². The molecule has 3 heteroatoms. The van der Waals surface area contributed by atoms with E-state index in [1.54, 1.807) is 0 Å². The highest BCUT2D eigenvalue weighted by molar-refractivity contribution is 5.16. The monoisotopic (exact) mass is 261 g/mol. The summed E-state index contributed by atoms with van der Waals surface area (Å²) in [5, 5.41) is 3.53. The minimum absolute atomic E-state index is 0.507. The van der Waals surface area contributed by atoms with Crippen molar-refractivity contribution < 1.29 is 0 Å². The normalized spacial score (nSPS) is 24.1. The molecule has 1 N–H and O–H groups in total. The number of nitrogens with one attached hydrogen (secondary N) is 1. The van der Waals surface area contributed by atoms with Gasteiger partial charge < -0.3 is 15.1 Å². The molecule has 0 radical (unpaired) electrons. The van der Waals surface area contributed by atoms with Crippen molar-refractivity contribution in [3.8, 4) is 0 Å². The van der Waals surface area contributed by atoms with Gasteiger partial charge in [-0.25, -0.2) is 0 Å². The summed E-state index contributed by atoms with van der Waals surface area (Å²) < 4.78 is 0. The summed E-state index contributed by atoms with van der Waals surface area (Å²) in [5.74, 6) is 0. The first-order valence-electron chi connectivity index (χ1n) is 7.30. The van der Waals surface area contributed by atoms with Crippen molar-refractivity contribution in [3.05, 3.63) is 35.9 Å². The van der Waals surface area contributed by atoms with Crippen LogP contribution in [0.5, 0.6) is 0 Å². The van der Waals surface area contributed by atoms with Crippen LogP contribution in [0.25, 0.3) is 0 Å². The van der Waals surface area contributed by atoms with E-state index < -0.39 is 0 Å². The van der Waals surface area contributed by atoms with Gasteiger partial charge in [0.25, 0.3) is 0 Å². The van der Waals surface area contributed by atoms with E-state index in [0.29, 0.717) is 12.1 Å². The van der Waals surface area contributed by atoms with Crippen LogP contribution in [0.2, 0.25) is 0 Å². The summed E-state index contributed by atoms with van der Waals surface area (Å²) in [6.45, 7) is 3.55. The molecule has 19 heavy (non-hydrogen) atoms. The molecule has 2 rings (SSSR count). The van der Waals surface area contributed by atoms with E-state index in [0.717, 1.165) is 13.0 Å². The molecule has 1 aromatic rings. The number of benzene rings is 1. The number of hydrogen-bond donors (Lipinski definition) is 1. The van der Waals surface area contributed by atoms with Gasteiger partial charge in [-0.2, -0.15) is 0 Å². The van der Waals surface area contributed by atoms with Gasteiger partial charge in [0.2, 0.25) is 0 Å². The third kappa shape index (κ3) is 4.03. The van der Waals surface area contributed by atoms with Crippen LogP contribution in [0, 0.1) is 0 Å². The molecule has 3 nitrogen and oxygen atoms in total. The number of likely N-dealkylation sites (N-methyl/N-ethyl adjacent to an activating group) is 3. The molecule has 1 fully saturated rings. The molecule has 2 atom stereocenters. The van der Waals surface area contributed by atoms with E-state index in [-0.39, 0.29) is 0 Å². The lowest BCUT2D eigenvalue weighted by Gasteiger charge is -2.34. The first-order valence-corrected chi connectivity index (χ1v) is 7.30. The van der Waals surface area contributed by atoms with E-state index in [9.17, 15) is 0 Å². The topological polar surface area (TPSA) is 18.5 Å². The molecular formula is C16H27N3. The number of hydrogen-bond acceptors (Lipinski definition) is 3. The maximum Gasteiger partial charge on any atom is 0.0376 e. The molecule has 2 unspecified atom stereocenters. The van der Waals surface area contributed by atoms with Crippen LogP contribution >= 0.6 is 0 Å². The van der Waals surface area contributed by atoms with Crippen LogP contribution in [-0.2, 0) is 6.42 Å². The van der Waals surface area contributed by atoms with Crippen molar-refractivity contribution in [3.63, 3.8) is 0 Å². The minimum Gasteiger partial charge on any atom is -0.315 e. The predicted molar refractivity (Wildman–Crippen MR) is 81.5 cm³/mol. The van der Waals surface area contributed by atoms with Gasteiger partial charge >= 0.3 is 0 Å². The van der Waals surface area contributed by atoms with Gasteiger partial charge in [0.1, 0.15) is 0 Å². The van der Waals surface area contributed by atoms with Gasteiger partial charge in [0.05, 0.1) is 0 Å². The van der Waals surface area contributed by atoms with Crippen LogP contribution < -0.4 is 5.32 Å². The quantitative estimate of drug-likeness (QED) is 0.885.